The van der Waals surface area contributed by atoms with Gasteiger partial charge in [0.1, 0.15) is 0 Å². The standard InChI is InChI=1S/C16H15N3O3S/c1-19(2)23(21,22)15-9-5-13(6-10-15)16(20)18-14-7-3-12(11-17)4-8-14/h3-10H,1-2H3,(H,18,20). The van der Waals surface area contributed by atoms with E-state index in [0.717, 1.165) is 4.31 Å². The van der Waals surface area contributed by atoms with Gasteiger partial charge in [-0.3, -0.25) is 4.79 Å². The van der Waals surface area contributed by atoms with E-state index in [1.54, 1.807) is 24.3 Å². The maximum absolute atomic E-state index is 12.1. The summed E-state index contributed by atoms with van der Waals surface area (Å²) in [6, 6.07) is 14.1. The third-order valence-electron chi connectivity index (χ3n) is 3.17. The fourth-order valence-corrected chi connectivity index (χ4v) is 2.72. The van der Waals surface area contributed by atoms with Gasteiger partial charge in [-0.1, -0.05) is 0 Å². The predicted octanol–water partition coefficient (Wildman–Crippen LogP) is 2.06. The molecule has 2 rings (SSSR count). The highest BCUT2D eigenvalue weighted by atomic mass is 32.2. The number of nitriles is 1. The van der Waals surface area contributed by atoms with Crippen LogP contribution in [0.25, 0.3) is 0 Å². The van der Waals surface area contributed by atoms with Crippen molar-refractivity contribution in [2.45, 2.75) is 4.90 Å². The van der Waals surface area contributed by atoms with Crippen molar-refractivity contribution >= 4 is 21.6 Å². The predicted molar refractivity (Wildman–Crippen MR) is 86.4 cm³/mol. The number of amides is 1. The number of hydrogen-bond acceptors (Lipinski definition) is 4. The maximum atomic E-state index is 12.1. The van der Waals surface area contributed by atoms with E-state index in [1.807, 2.05) is 6.07 Å². The first-order chi connectivity index (χ1) is 10.8. The van der Waals surface area contributed by atoms with E-state index in [0.29, 0.717) is 16.8 Å². The van der Waals surface area contributed by atoms with Crippen molar-refractivity contribution in [3.8, 4) is 6.07 Å². The molecule has 0 bridgehead atoms. The van der Waals surface area contributed by atoms with E-state index in [1.165, 1.54) is 38.4 Å². The lowest BCUT2D eigenvalue weighted by Gasteiger charge is -2.11. The quantitative estimate of drug-likeness (QED) is 0.929. The number of carbonyl (C=O) groups is 1. The molecule has 2 aromatic carbocycles. The average molecular weight is 329 g/mol. The summed E-state index contributed by atoms with van der Waals surface area (Å²) in [6.07, 6.45) is 0. The lowest BCUT2D eigenvalue weighted by molar-refractivity contribution is 0.102. The van der Waals surface area contributed by atoms with Crippen LogP contribution < -0.4 is 5.32 Å². The smallest absolute Gasteiger partial charge is 0.255 e. The van der Waals surface area contributed by atoms with Crippen LogP contribution in [0.4, 0.5) is 5.69 Å². The van der Waals surface area contributed by atoms with E-state index < -0.39 is 10.0 Å². The summed E-state index contributed by atoms with van der Waals surface area (Å²) in [5, 5.41) is 11.4. The first kappa shape index (κ1) is 16.7. The molecule has 0 radical (unpaired) electrons. The van der Waals surface area contributed by atoms with Gasteiger partial charge in [-0.15, -0.1) is 0 Å². The van der Waals surface area contributed by atoms with Crippen LogP contribution in [0.2, 0.25) is 0 Å². The molecule has 6 nitrogen and oxygen atoms in total. The normalized spacial score (nSPS) is 11.0. The Labute approximate surface area is 135 Å². The van der Waals surface area contributed by atoms with Gasteiger partial charge in [-0.25, -0.2) is 12.7 Å². The molecule has 2 aromatic rings. The molecule has 0 aliphatic carbocycles. The summed E-state index contributed by atoms with van der Waals surface area (Å²) in [6.45, 7) is 0. The van der Waals surface area contributed by atoms with Crippen LogP contribution >= 0.6 is 0 Å². The molecule has 0 saturated carbocycles. The molecule has 7 heteroatoms. The third kappa shape index (κ3) is 3.74. The monoisotopic (exact) mass is 329 g/mol. The second-order valence-electron chi connectivity index (χ2n) is 4.96. The van der Waals surface area contributed by atoms with Crippen LogP contribution in [-0.4, -0.2) is 32.7 Å². The van der Waals surface area contributed by atoms with Crippen LogP contribution in [0.15, 0.2) is 53.4 Å². The maximum Gasteiger partial charge on any atom is 0.255 e. The van der Waals surface area contributed by atoms with E-state index >= 15 is 0 Å². The van der Waals surface area contributed by atoms with Gasteiger partial charge in [-0.05, 0) is 48.5 Å². The zero-order chi connectivity index (χ0) is 17.0. The number of sulfonamides is 1. The van der Waals surface area contributed by atoms with Gasteiger partial charge in [0.05, 0.1) is 16.5 Å². The molecule has 0 fully saturated rings. The highest BCUT2D eigenvalue weighted by Crippen LogP contribution is 2.15. The lowest BCUT2D eigenvalue weighted by atomic mass is 10.2. The van der Waals surface area contributed by atoms with E-state index in [9.17, 15) is 13.2 Å². The highest BCUT2D eigenvalue weighted by Gasteiger charge is 2.17. The van der Waals surface area contributed by atoms with Crippen LogP contribution in [0, 0.1) is 11.3 Å². The fraction of sp³-hybridized carbons (Fsp3) is 0.125. The lowest BCUT2D eigenvalue weighted by Crippen LogP contribution is -2.22. The molecule has 0 spiro atoms. The Kier molecular flexibility index (Phi) is 4.79. The minimum atomic E-state index is -3.51. The topological polar surface area (TPSA) is 90.3 Å². The molecule has 0 aliphatic heterocycles. The molecule has 1 N–H and O–H groups in total. The van der Waals surface area contributed by atoms with Crippen molar-refractivity contribution in [2.24, 2.45) is 0 Å². The SMILES string of the molecule is CN(C)S(=O)(=O)c1ccc(C(=O)Nc2ccc(C#N)cc2)cc1. The van der Waals surface area contributed by atoms with E-state index in [-0.39, 0.29) is 10.8 Å². The summed E-state index contributed by atoms with van der Waals surface area (Å²) in [7, 11) is -0.624. The van der Waals surface area contributed by atoms with Crippen LogP contribution in [-0.2, 0) is 10.0 Å². The Morgan fingerprint density at radius 3 is 2.09 bits per heavy atom. The molecule has 118 valence electrons. The van der Waals surface area contributed by atoms with Gasteiger partial charge >= 0.3 is 0 Å². The summed E-state index contributed by atoms with van der Waals surface area (Å²) < 4.78 is 25.0. The summed E-state index contributed by atoms with van der Waals surface area (Å²) >= 11 is 0. The Morgan fingerprint density at radius 1 is 1.04 bits per heavy atom. The van der Waals surface area contributed by atoms with Crippen molar-refractivity contribution < 1.29 is 13.2 Å². The van der Waals surface area contributed by atoms with Crippen molar-refractivity contribution in [3.63, 3.8) is 0 Å². The summed E-state index contributed by atoms with van der Waals surface area (Å²) in [5.41, 5.74) is 1.40. The molecule has 0 unspecified atom stereocenters. The second-order valence-corrected chi connectivity index (χ2v) is 7.11. The third-order valence-corrected chi connectivity index (χ3v) is 5.00. The van der Waals surface area contributed by atoms with Gasteiger partial charge < -0.3 is 5.32 Å². The Morgan fingerprint density at radius 2 is 1.61 bits per heavy atom. The van der Waals surface area contributed by atoms with Crippen LogP contribution in [0.1, 0.15) is 15.9 Å². The largest absolute Gasteiger partial charge is 0.322 e. The summed E-state index contributed by atoms with van der Waals surface area (Å²) in [4.78, 5) is 12.3. The van der Waals surface area contributed by atoms with E-state index in [2.05, 4.69) is 5.32 Å². The van der Waals surface area contributed by atoms with Crippen LogP contribution in [0.3, 0.4) is 0 Å². The zero-order valence-electron chi connectivity index (χ0n) is 12.6. The van der Waals surface area contributed by atoms with Crippen molar-refractivity contribution in [1.29, 1.82) is 5.26 Å². The molecule has 1 amide bonds. The molecule has 0 aliphatic rings. The molecular formula is C16H15N3O3S. The minimum Gasteiger partial charge on any atom is -0.322 e. The zero-order valence-corrected chi connectivity index (χ0v) is 13.5. The number of benzene rings is 2. The first-order valence-corrected chi connectivity index (χ1v) is 8.12. The number of rotatable bonds is 4. The number of nitrogens with one attached hydrogen (secondary N) is 1. The summed E-state index contributed by atoms with van der Waals surface area (Å²) in [5.74, 6) is -0.358. The highest BCUT2D eigenvalue weighted by molar-refractivity contribution is 7.89. The number of anilines is 1. The van der Waals surface area contributed by atoms with Crippen molar-refractivity contribution in [3.05, 3.63) is 59.7 Å². The molecule has 0 saturated heterocycles. The van der Waals surface area contributed by atoms with Crippen molar-refractivity contribution in [2.75, 3.05) is 19.4 Å². The van der Waals surface area contributed by atoms with Gasteiger partial charge in [0.25, 0.3) is 5.91 Å². The molecular weight excluding hydrogens is 314 g/mol. The fourth-order valence-electron chi connectivity index (χ4n) is 1.82. The van der Waals surface area contributed by atoms with Gasteiger partial charge in [0.15, 0.2) is 0 Å². The van der Waals surface area contributed by atoms with Crippen molar-refractivity contribution in [1.82, 2.24) is 4.31 Å². The average Bonchev–Trinajstić information content (AvgIpc) is 2.55. The number of carbonyl (C=O) groups excluding carboxylic acids is 1. The molecule has 0 atom stereocenters. The van der Waals surface area contributed by atoms with Gasteiger partial charge in [-0.2, -0.15) is 5.26 Å². The van der Waals surface area contributed by atoms with Gasteiger partial charge in [0, 0.05) is 25.3 Å². The Bertz CT molecular complexity index is 849. The van der Waals surface area contributed by atoms with Gasteiger partial charge in [0.2, 0.25) is 10.0 Å². The molecule has 0 aromatic heterocycles. The first-order valence-electron chi connectivity index (χ1n) is 6.68. The minimum absolute atomic E-state index is 0.123. The Balaban J connectivity index is 2.16. The van der Waals surface area contributed by atoms with Crippen LogP contribution in [0.5, 0.6) is 0 Å². The molecule has 23 heavy (non-hydrogen) atoms. The number of nitrogens with zero attached hydrogens (tertiary/aromatic N) is 2. The molecule has 0 heterocycles. The number of hydrogen-bond donors (Lipinski definition) is 1. The van der Waals surface area contributed by atoms with E-state index in [4.69, 9.17) is 5.26 Å². The second kappa shape index (κ2) is 6.60. The Hall–Kier alpha value is -2.69.